The van der Waals surface area contributed by atoms with Crippen LogP contribution in [-0.2, 0) is 0 Å². The van der Waals surface area contributed by atoms with Crippen LogP contribution in [0, 0.1) is 0 Å². The van der Waals surface area contributed by atoms with Gasteiger partial charge in [-0.3, -0.25) is 4.79 Å². The summed E-state index contributed by atoms with van der Waals surface area (Å²) < 4.78 is 0. The van der Waals surface area contributed by atoms with Crippen molar-refractivity contribution in [3.63, 3.8) is 0 Å². The van der Waals surface area contributed by atoms with Gasteiger partial charge in [0.15, 0.2) is 0 Å². The molecule has 3 aromatic carbocycles. The summed E-state index contributed by atoms with van der Waals surface area (Å²) in [4.78, 5) is 17.2. The first-order chi connectivity index (χ1) is 14.0. The van der Waals surface area contributed by atoms with Gasteiger partial charge in [-0.15, -0.1) is 11.3 Å². The van der Waals surface area contributed by atoms with E-state index < -0.39 is 0 Å². The normalized spacial score (nSPS) is 10.7. The Kier molecular flexibility index (Phi) is 5.88. The molecule has 0 bridgehead atoms. The molecule has 1 N–H and O–H groups in total. The molecule has 0 saturated heterocycles. The van der Waals surface area contributed by atoms with Gasteiger partial charge in [0.25, 0.3) is 5.91 Å². The number of amides is 1. The van der Waals surface area contributed by atoms with Crippen molar-refractivity contribution in [3.05, 3.63) is 92.7 Å². The van der Waals surface area contributed by atoms with Crippen LogP contribution in [0.15, 0.2) is 72.1 Å². The van der Waals surface area contributed by atoms with E-state index in [1.54, 1.807) is 35.6 Å². The number of anilines is 1. The molecule has 1 heterocycles. The second-order valence-electron chi connectivity index (χ2n) is 6.18. The smallest absolute Gasteiger partial charge is 0.257 e. The highest BCUT2D eigenvalue weighted by molar-refractivity contribution is 7.13. The maximum atomic E-state index is 12.5. The third-order valence-electron chi connectivity index (χ3n) is 4.20. The van der Waals surface area contributed by atoms with Crippen LogP contribution in [0.1, 0.15) is 10.4 Å². The fourth-order valence-corrected chi connectivity index (χ4v) is 4.38. The number of carbonyl (C=O) groups is 1. The van der Waals surface area contributed by atoms with Crippen molar-refractivity contribution in [2.24, 2.45) is 0 Å². The minimum absolute atomic E-state index is 0.286. The van der Waals surface area contributed by atoms with Gasteiger partial charge in [0, 0.05) is 27.2 Å². The predicted octanol–water partition coefficient (Wildman–Crippen LogP) is 7.69. The van der Waals surface area contributed by atoms with Crippen LogP contribution in [0.5, 0.6) is 0 Å². The van der Waals surface area contributed by atoms with Crippen molar-refractivity contribution in [2.45, 2.75) is 0 Å². The Labute approximate surface area is 186 Å². The summed E-state index contributed by atoms with van der Waals surface area (Å²) in [6.07, 6.45) is 0. The van der Waals surface area contributed by atoms with Crippen molar-refractivity contribution in [2.75, 3.05) is 5.32 Å². The molecule has 0 aliphatic rings. The van der Waals surface area contributed by atoms with Gasteiger partial charge < -0.3 is 5.32 Å². The number of aromatic nitrogens is 1. The van der Waals surface area contributed by atoms with E-state index in [2.05, 4.69) is 10.3 Å². The van der Waals surface area contributed by atoms with Crippen LogP contribution in [0.3, 0.4) is 0 Å². The summed E-state index contributed by atoms with van der Waals surface area (Å²) in [6.45, 7) is 0. The highest BCUT2D eigenvalue weighted by Crippen LogP contribution is 2.34. The first-order valence-corrected chi connectivity index (χ1v) is 10.6. The number of nitrogens with zero attached hydrogens (tertiary/aromatic N) is 1. The number of halogens is 3. The van der Waals surface area contributed by atoms with Crippen molar-refractivity contribution >= 4 is 57.7 Å². The fraction of sp³-hybridized carbons (Fsp3) is 0. The van der Waals surface area contributed by atoms with Crippen LogP contribution in [0.25, 0.3) is 21.8 Å². The minimum Gasteiger partial charge on any atom is -0.322 e. The predicted molar refractivity (Wildman–Crippen MR) is 122 cm³/mol. The van der Waals surface area contributed by atoms with Crippen LogP contribution in [0.4, 0.5) is 5.69 Å². The Bertz CT molecular complexity index is 1190. The summed E-state index contributed by atoms with van der Waals surface area (Å²) in [5.41, 5.74) is 3.55. The van der Waals surface area contributed by atoms with Gasteiger partial charge in [0.2, 0.25) is 0 Å². The van der Waals surface area contributed by atoms with E-state index >= 15 is 0 Å². The topological polar surface area (TPSA) is 42.0 Å². The molecule has 29 heavy (non-hydrogen) atoms. The molecular weight excluding hydrogens is 447 g/mol. The molecule has 0 saturated carbocycles. The van der Waals surface area contributed by atoms with Crippen molar-refractivity contribution in [3.8, 4) is 21.8 Å². The molecule has 144 valence electrons. The number of carbonyl (C=O) groups excluding carboxylic acids is 1. The molecule has 1 aromatic heterocycles. The molecule has 1 amide bonds. The summed E-state index contributed by atoms with van der Waals surface area (Å²) >= 11 is 20.0. The SMILES string of the molecule is O=C(Nc1ccc(-c2csc(-c3ccccc3)n2)c(Cl)c1)c1ccc(Cl)cc1Cl. The van der Waals surface area contributed by atoms with Gasteiger partial charge in [-0.25, -0.2) is 4.98 Å². The van der Waals surface area contributed by atoms with Crippen LogP contribution in [0.2, 0.25) is 15.1 Å². The molecule has 0 aliphatic carbocycles. The molecule has 0 spiro atoms. The highest BCUT2D eigenvalue weighted by Gasteiger charge is 2.14. The zero-order valence-electron chi connectivity index (χ0n) is 14.8. The largest absolute Gasteiger partial charge is 0.322 e. The van der Waals surface area contributed by atoms with Gasteiger partial charge in [-0.05, 0) is 36.4 Å². The summed E-state index contributed by atoms with van der Waals surface area (Å²) in [6, 6.07) is 20.0. The maximum Gasteiger partial charge on any atom is 0.257 e. The van der Waals surface area contributed by atoms with E-state index in [1.165, 1.54) is 6.07 Å². The average molecular weight is 460 g/mol. The fourth-order valence-electron chi connectivity index (χ4n) is 2.78. The lowest BCUT2D eigenvalue weighted by Crippen LogP contribution is -2.12. The first kappa shape index (κ1) is 19.9. The molecule has 0 fully saturated rings. The molecule has 0 unspecified atom stereocenters. The molecule has 0 atom stereocenters. The zero-order valence-corrected chi connectivity index (χ0v) is 17.9. The summed E-state index contributed by atoms with van der Waals surface area (Å²) in [5, 5.41) is 6.94. The third kappa shape index (κ3) is 4.46. The van der Waals surface area contributed by atoms with Gasteiger partial charge in [0.1, 0.15) is 5.01 Å². The lowest BCUT2D eigenvalue weighted by atomic mass is 10.1. The van der Waals surface area contributed by atoms with Crippen molar-refractivity contribution < 1.29 is 4.79 Å². The second kappa shape index (κ2) is 8.56. The van der Waals surface area contributed by atoms with Crippen molar-refractivity contribution in [1.82, 2.24) is 4.98 Å². The molecular formula is C22H13Cl3N2OS. The van der Waals surface area contributed by atoms with E-state index in [0.717, 1.165) is 21.8 Å². The Hall–Kier alpha value is -2.37. The van der Waals surface area contributed by atoms with Gasteiger partial charge in [-0.2, -0.15) is 0 Å². The van der Waals surface area contributed by atoms with Crippen LogP contribution in [-0.4, -0.2) is 10.9 Å². The Morgan fingerprint density at radius 3 is 2.41 bits per heavy atom. The van der Waals surface area contributed by atoms with Gasteiger partial charge >= 0.3 is 0 Å². The standard InChI is InChI=1S/C22H13Cl3N2OS/c23-14-6-8-17(18(24)10-14)21(28)26-15-7-9-16(19(25)11-15)20-12-29-22(27-20)13-4-2-1-3-5-13/h1-12H,(H,26,28). The van der Waals surface area contributed by atoms with E-state index in [0.29, 0.717) is 21.3 Å². The van der Waals surface area contributed by atoms with E-state index in [9.17, 15) is 4.79 Å². The van der Waals surface area contributed by atoms with E-state index in [4.69, 9.17) is 34.8 Å². The Morgan fingerprint density at radius 2 is 1.69 bits per heavy atom. The van der Waals surface area contributed by atoms with Crippen LogP contribution < -0.4 is 5.32 Å². The monoisotopic (exact) mass is 458 g/mol. The van der Waals surface area contributed by atoms with Gasteiger partial charge in [0.05, 0.1) is 21.3 Å². The van der Waals surface area contributed by atoms with E-state index in [1.807, 2.05) is 41.8 Å². The summed E-state index contributed by atoms with van der Waals surface area (Å²) in [7, 11) is 0. The third-order valence-corrected chi connectivity index (χ3v) is 5.96. The average Bonchev–Trinajstić information content (AvgIpc) is 3.18. The number of thiazole rings is 1. The second-order valence-corrected chi connectivity index (χ2v) is 8.29. The Morgan fingerprint density at radius 1 is 0.897 bits per heavy atom. The molecule has 0 aliphatic heterocycles. The number of hydrogen-bond acceptors (Lipinski definition) is 3. The highest BCUT2D eigenvalue weighted by atomic mass is 35.5. The quantitative estimate of drug-likeness (QED) is 0.340. The first-order valence-electron chi connectivity index (χ1n) is 8.58. The Balaban J connectivity index is 1.55. The van der Waals surface area contributed by atoms with Gasteiger partial charge in [-0.1, -0.05) is 65.1 Å². The van der Waals surface area contributed by atoms with E-state index in [-0.39, 0.29) is 10.9 Å². The molecule has 4 rings (SSSR count). The number of hydrogen-bond donors (Lipinski definition) is 1. The number of benzene rings is 3. The molecule has 0 radical (unpaired) electrons. The molecule has 7 heteroatoms. The maximum absolute atomic E-state index is 12.5. The number of rotatable bonds is 4. The molecule has 3 nitrogen and oxygen atoms in total. The van der Waals surface area contributed by atoms with Crippen molar-refractivity contribution in [1.29, 1.82) is 0 Å². The number of nitrogens with one attached hydrogen (secondary N) is 1. The summed E-state index contributed by atoms with van der Waals surface area (Å²) in [5.74, 6) is -0.337. The minimum atomic E-state index is -0.337. The zero-order chi connectivity index (χ0) is 20.4. The lowest BCUT2D eigenvalue weighted by molar-refractivity contribution is 0.102. The molecule has 4 aromatic rings. The van der Waals surface area contributed by atoms with Crippen LogP contribution >= 0.6 is 46.1 Å². The lowest BCUT2D eigenvalue weighted by Gasteiger charge is -2.09.